The number of nitrogens with zero attached hydrogens (tertiary/aromatic N) is 1. The summed E-state index contributed by atoms with van der Waals surface area (Å²) in [4.78, 5) is 0. The summed E-state index contributed by atoms with van der Waals surface area (Å²) in [7, 11) is 0. The molecular weight excluding hydrogens is 185 g/mol. The third-order valence-electron chi connectivity index (χ3n) is 1.43. The zero-order valence-corrected chi connectivity index (χ0v) is 8.91. The molecule has 60 valence electrons. The van der Waals surface area contributed by atoms with Gasteiger partial charge in [0, 0.05) is 0 Å². The Morgan fingerprint density at radius 3 is 1.90 bits per heavy atom. The summed E-state index contributed by atoms with van der Waals surface area (Å²) in [5, 5.41) is 0. The van der Waals surface area contributed by atoms with Crippen LogP contribution in [-0.4, -0.2) is 24.5 Å². The Morgan fingerprint density at radius 2 is 1.80 bits per heavy atom. The largest absolute Gasteiger partial charge is 0.349 e. The van der Waals surface area contributed by atoms with Gasteiger partial charge in [0.15, 0.2) is 0 Å². The number of halogens is 2. The van der Waals surface area contributed by atoms with E-state index in [1.807, 2.05) is 18.4 Å². The Morgan fingerprint density at radius 1 is 1.40 bits per heavy atom. The first-order valence-electron chi connectivity index (χ1n) is 3.35. The molecule has 0 spiro atoms. The fourth-order valence-corrected chi connectivity index (χ4v) is 3.31. The Labute approximate surface area is 73.1 Å². The summed E-state index contributed by atoms with van der Waals surface area (Å²) in [6.45, 7) is 7.20. The molecule has 0 aromatic heterocycles. The third-order valence-corrected chi connectivity index (χ3v) is 5.76. The summed E-state index contributed by atoms with van der Waals surface area (Å²) in [5.74, 6) is 0. The fourth-order valence-electron chi connectivity index (χ4n) is 0.774. The van der Waals surface area contributed by atoms with Crippen molar-refractivity contribution in [1.82, 2.24) is 4.57 Å². The fraction of sp³-hybridized carbons (Fsp3) is 0.667. The van der Waals surface area contributed by atoms with Gasteiger partial charge in [0.25, 0.3) is 0 Å². The highest BCUT2D eigenvalue weighted by Crippen LogP contribution is 2.20. The van der Waals surface area contributed by atoms with Gasteiger partial charge < -0.3 is 0 Å². The molecule has 0 aromatic carbocycles. The van der Waals surface area contributed by atoms with Crippen molar-refractivity contribution in [1.29, 1.82) is 0 Å². The highest BCUT2D eigenvalue weighted by atomic mass is 35.7. The molecule has 0 aliphatic carbocycles. The minimum Gasteiger partial charge on any atom is -0.297 e. The van der Waals surface area contributed by atoms with Crippen LogP contribution in [0, 0.1) is 0 Å². The molecule has 4 heteroatoms. The minimum absolute atomic E-state index is 0.891. The molecular formula is C6H13Cl2NSi. The maximum atomic E-state index is 6.00. The van der Waals surface area contributed by atoms with E-state index >= 15 is 0 Å². The molecule has 0 rings (SSSR count). The molecule has 10 heavy (non-hydrogen) atoms. The summed E-state index contributed by atoms with van der Waals surface area (Å²) >= 11 is 12.0. The topological polar surface area (TPSA) is 3.24 Å². The lowest BCUT2D eigenvalue weighted by atomic mass is 10.7. The molecule has 0 unspecified atom stereocenters. The molecule has 0 heterocycles. The highest BCUT2D eigenvalue weighted by molar-refractivity contribution is 7.46. The monoisotopic (exact) mass is 197 g/mol. The molecule has 1 nitrogen and oxygen atoms in total. The van der Waals surface area contributed by atoms with Crippen LogP contribution in [0.3, 0.4) is 0 Å². The van der Waals surface area contributed by atoms with Gasteiger partial charge in [-0.3, -0.25) is 4.57 Å². The zero-order valence-electron chi connectivity index (χ0n) is 6.40. The first-order valence-corrected chi connectivity index (χ1v) is 7.39. The van der Waals surface area contributed by atoms with Crippen molar-refractivity contribution in [2.24, 2.45) is 0 Å². The Hall–Kier alpha value is 0.497. The molecule has 0 radical (unpaired) electrons. The van der Waals surface area contributed by atoms with Crippen LogP contribution in [0.15, 0.2) is 12.3 Å². The molecule has 0 aliphatic rings. The van der Waals surface area contributed by atoms with Crippen molar-refractivity contribution < 1.29 is 0 Å². The van der Waals surface area contributed by atoms with Crippen molar-refractivity contribution in [3.05, 3.63) is 12.3 Å². The molecule has 0 saturated carbocycles. The second kappa shape index (κ2) is 4.39. The molecule has 0 aliphatic heterocycles. The predicted octanol–water partition coefficient (Wildman–Crippen LogP) is 2.47. The SMILES string of the molecule is C=C[Si](Cl)(Cl)N(CC)CC. The standard InChI is InChI=1S/C6H13Cl2NSi/c1-4-9(5-2)10(7,8)6-3/h6H,3-5H2,1-2H3. The van der Waals surface area contributed by atoms with E-state index in [1.54, 1.807) is 5.70 Å². The summed E-state index contributed by atoms with van der Waals surface area (Å²) < 4.78 is 2.04. The number of hydrogen-bond acceptors (Lipinski definition) is 1. The van der Waals surface area contributed by atoms with Crippen LogP contribution in [0.1, 0.15) is 13.8 Å². The van der Waals surface area contributed by atoms with E-state index in [2.05, 4.69) is 6.58 Å². The summed E-state index contributed by atoms with van der Waals surface area (Å²) in [5.41, 5.74) is 1.67. The molecule has 0 atom stereocenters. The average molecular weight is 198 g/mol. The van der Waals surface area contributed by atoms with Gasteiger partial charge in [0.05, 0.1) is 0 Å². The first-order chi connectivity index (χ1) is 4.58. The Bertz CT molecular complexity index is 112. The summed E-state index contributed by atoms with van der Waals surface area (Å²) in [6, 6.07) is 0. The van der Waals surface area contributed by atoms with Gasteiger partial charge in [-0.2, -0.15) is 0 Å². The minimum atomic E-state index is -2.27. The third kappa shape index (κ3) is 2.62. The van der Waals surface area contributed by atoms with E-state index in [0.717, 1.165) is 13.1 Å². The maximum absolute atomic E-state index is 6.00. The average Bonchev–Trinajstić information content (AvgIpc) is 1.90. The Balaban J connectivity index is 4.10. The number of rotatable bonds is 4. The van der Waals surface area contributed by atoms with E-state index in [4.69, 9.17) is 22.2 Å². The predicted molar refractivity (Wildman–Crippen MR) is 50.6 cm³/mol. The lowest BCUT2D eigenvalue weighted by Crippen LogP contribution is -2.42. The summed E-state index contributed by atoms with van der Waals surface area (Å²) in [6.07, 6.45) is 0. The van der Waals surface area contributed by atoms with Crippen LogP contribution >= 0.6 is 22.2 Å². The van der Waals surface area contributed by atoms with Crippen LogP contribution in [0.5, 0.6) is 0 Å². The second-order valence-corrected chi connectivity index (χ2v) is 8.22. The van der Waals surface area contributed by atoms with Gasteiger partial charge in [-0.15, -0.1) is 28.7 Å². The van der Waals surface area contributed by atoms with Gasteiger partial charge in [-0.05, 0) is 13.1 Å². The van der Waals surface area contributed by atoms with E-state index in [0.29, 0.717) is 0 Å². The quantitative estimate of drug-likeness (QED) is 0.495. The van der Waals surface area contributed by atoms with Crippen LogP contribution in [-0.2, 0) is 0 Å². The second-order valence-electron chi connectivity index (χ2n) is 1.96. The molecule has 0 aromatic rings. The lowest BCUT2D eigenvalue weighted by Gasteiger charge is -2.26. The van der Waals surface area contributed by atoms with Gasteiger partial charge in [0.1, 0.15) is 0 Å². The zero-order chi connectivity index (χ0) is 8.20. The molecule has 0 N–H and O–H groups in total. The lowest BCUT2D eigenvalue weighted by molar-refractivity contribution is 0.489. The van der Waals surface area contributed by atoms with E-state index in [9.17, 15) is 0 Å². The van der Waals surface area contributed by atoms with Gasteiger partial charge in [-0.1, -0.05) is 19.5 Å². The van der Waals surface area contributed by atoms with E-state index in [1.165, 1.54) is 0 Å². The van der Waals surface area contributed by atoms with Gasteiger partial charge >= 0.3 is 6.86 Å². The van der Waals surface area contributed by atoms with E-state index in [-0.39, 0.29) is 0 Å². The van der Waals surface area contributed by atoms with Crippen molar-refractivity contribution >= 4 is 29.0 Å². The van der Waals surface area contributed by atoms with Crippen LogP contribution in [0.2, 0.25) is 0 Å². The van der Waals surface area contributed by atoms with Crippen molar-refractivity contribution in [3.63, 3.8) is 0 Å². The van der Waals surface area contributed by atoms with Crippen LogP contribution in [0.4, 0.5) is 0 Å². The normalized spacial score (nSPS) is 12.1. The van der Waals surface area contributed by atoms with Gasteiger partial charge in [-0.25, -0.2) is 0 Å². The number of hydrogen-bond donors (Lipinski definition) is 0. The molecule has 0 fully saturated rings. The molecule has 0 bridgehead atoms. The maximum Gasteiger partial charge on any atom is 0.349 e. The highest BCUT2D eigenvalue weighted by Gasteiger charge is 2.30. The first kappa shape index (κ1) is 10.5. The van der Waals surface area contributed by atoms with Crippen molar-refractivity contribution in [2.75, 3.05) is 13.1 Å². The smallest absolute Gasteiger partial charge is 0.297 e. The van der Waals surface area contributed by atoms with Crippen LogP contribution < -0.4 is 0 Å². The molecule has 0 saturated heterocycles. The molecule has 0 amide bonds. The van der Waals surface area contributed by atoms with Gasteiger partial charge in [0.2, 0.25) is 0 Å². The van der Waals surface area contributed by atoms with Crippen molar-refractivity contribution in [3.8, 4) is 0 Å². The Kier molecular flexibility index (Phi) is 4.61. The van der Waals surface area contributed by atoms with Crippen LogP contribution in [0.25, 0.3) is 0 Å². The van der Waals surface area contributed by atoms with E-state index < -0.39 is 6.86 Å². The van der Waals surface area contributed by atoms with Crippen molar-refractivity contribution in [2.45, 2.75) is 13.8 Å².